The van der Waals surface area contributed by atoms with Gasteiger partial charge in [0.05, 0.1) is 17.3 Å². The second kappa shape index (κ2) is 5.15. The minimum Gasteiger partial charge on any atom is -0.369 e. The van der Waals surface area contributed by atoms with E-state index in [2.05, 4.69) is 32.3 Å². The smallest absolute Gasteiger partial charge is 0.209 e. The van der Waals surface area contributed by atoms with E-state index in [0.29, 0.717) is 12.5 Å². The zero-order chi connectivity index (χ0) is 15.1. The summed E-state index contributed by atoms with van der Waals surface area (Å²) in [6.07, 6.45) is 1.15. The van der Waals surface area contributed by atoms with Crippen molar-refractivity contribution in [1.82, 2.24) is 14.3 Å². The highest BCUT2D eigenvalue weighted by molar-refractivity contribution is 14.1. The first-order chi connectivity index (χ1) is 9.07. The molecule has 8 heteroatoms. The Kier molecular flexibility index (Phi) is 4.00. The van der Waals surface area contributed by atoms with Crippen molar-refractivity contribution in [3.8, 4) is 0 Å². The molecule has 0 bridgehead atoms. The zero-order valence-electron chi connectivity index (χ0n) is 11.5. The fourth-order valence-electron chi connectivity index (χ4n) is 2.22. The number of nitrogens with two attached hydrogens (primary N) is 1. The van der Waals surface area contributed by atoms with Crippen molar-refractivity contribution in [2.24, 2.45) is 0 Å². The molecule has 3 N–H and O–H groups in total. The van der Waals surface area contributed by atoms with Crippen LogP contribution in [0.2, 0.25) is 0 Å². The average molecular weight is 408 g/mol. The standard InChI is InChI=1S/C12H17IN4O2S/c1-12(2,16-20(3,18)19)7-17-10-5-4-8(13)6-9(10)15-11(17)14/h4-6,16H,7H2,1-3H3,(H2,14,15). The third-order valence-electron chi connectivity index (χ3n) is 2.75. The second-order valence-corrected chi connectivity index (χ2v) is 8.44. The summed E-state index contributed by atoms with van der Waals surface area (Å²) >= 11 is 2.21. The second-order valence-electron chi connectivity index (χ2n) is 5.45. The summed E-state index contributed by atoms with van der Waals surface area (Å²) in [6, 6.07) is 5.86. The molecule has 6 nitrogen and oxygen atoms in total. The number of hydrogen-bond donors (Lipinski definition) is 2. The van der Waals surface area contributed by atoms with Gasteiger partial charge in [0.15, 0.2) is 0 Å². The molecule has 1 heterocycles. The van der Waals surface area contributed by atoms with E-state index < -0.39 is 15.6 Å². The molecule has 1 aromatic heterocycles. The van der Waals surface area contributed by atoms with Gasteiger partial charge in [-0.05, 0) is 54.6 Å². The maximum absolute atomic E-state index is 11.4. The SMILES string of the molecule is CC(C)(Cn1c(N)nc2cc(I)ccc21)NS(C)(=O)=O. The number of nitrogens with one attached hydrogen (secondary N) is 1. The Morgan fingerprint density at radius 2 is 2.10 bits per heavy atom. The van der Waals surface area contributed by atoms with Gasteiger partial charge in [-0.2, -0.15) is 0 Å². The highest BCUT2D eigenvalue weighted by atomic mass is 127. The first kappa shape index (κ1) is 15.5. The summed E-state index contributed by atoms with van der Waals surface area (Å²) < 4.78 is 28.3. The molecule has 0 unspecified atom stereocenters. The van der Waals surface area contributed by atoms with Gasteiger partial charge in [-0.1, -0.05) is 0 Å². The quantitative estimate of drug-likeness (QED) is 0.752. The minimum atomic E-state index is -3.28. The normalized spacial score (nSPS) is 13.0. The lowest BCUT2D eigenvalue weighted by Crippen LogP contribution is -2.46. The lowest BCUT2D eigenvalue weighted by atomic mass is 10.1. The number of halogens is 1. The van der Waals surface area contributed by atoms with Crippen LogP contribution in [0.3, 0.4) is 0 Å². The average Bonchev–Trinajstić information content (AvgIpc) is 2.50. The van der Waals surface area contributed by atoms with Crippen molar-refractivity contribution in [1.29, 1.82) is 0 Å². The zero-order valence-corrected chi connectivity index (χ0v) is 14.5. The molecule has 0 spiro atoms. The molecular weight excluding hydrogens is 391 g/mol. The molecule has 110 valence electrons. The van der Waals surface area contributed by atoms with E-state index in [0.717, 1.165) is 20.9 Å². The number of anilines is 1. The molecule has 0 amide bonds. The predicted molar refractivity (Wildman–Crippen MR) is 88.9 cm³/mol. The number of sulfonamides is 1. The fraction of sp³-hybridized carbons (Fsp3) is 0.417. The lowest BCUT2D eigenvalue weighted by Gasteiger charge is -2.26. The highest BCUT2D eigenvalue weighted by Gasteiger charge is 2.24. The topological polar surface area (TPSA) is 90.0 Å². The van der Waals surface area contributed by atoms with Crippen LogP contribution >= 0.6 is 22.6 Å². The summed E-state index contributed by atoms with van der Waals surface area (Å²) in [5.41, 5.74) is 7.00. The van der Waals surface area contributed by atoms with Gasteiger partial charge in [-0.25, -0.2) is 18.1 Å². The largest absolute Gasteiger partial charge is 0.369 e. The van der Waals surface area contributed by atoms with Crippen LogP contribution in [0.5, 0.6) is 0 Å². The number of benzene rings is 1. The van der Waals surface area contributed by atoms with E-state index in [1.807, 2.05) is 36.6 Å². The molecule has 20 heavy (non-hydrogen) atoms. The van der Waals surface area contributed by atoms with Crippen molar-refractivity contribution >= 4 is 49.6 Å². The summed E-state index contributed by atoms with van der Waals surface area (Å²) in [7, 11) is -3.28. The number of hydrogen-bond acceptors (Lipinski definition) is 4. The van der Waals surface area contributed by atoms with Gasteiger partial charge >= 0.3 is 0 Å². The summed E-state index contributed by atoms with van der Waals surface area (Å²) in [5.74, 6) is 0.380. The Labute approximate surface area is 131 Å². The van der Waals surface area contributed by atoms with Crippen molar-refractivity contribution in [2.45, 2.75) is 25.9 Å². The molecule has 0 aliphatic rings. The van der Waals surface area contributed by atoms with Gasteiger partial charge in [0.1, 0.15) is 0 Å². The Morgan fingerprint density at radius 3 is 2.70 bits per heavy atom. The third-order valence-corrected chi connectivity index (χ3v) is 4.35. The Bertz CT molecular complexity index is 752. The first-order valence-electron chi connectivity index (χ1n) is 5.98. The number of nitrogen functional groups attached to an aromatic ring is 1. The molecule has 0 aliphatic heterocycles. The predicted octanol–water partition coefficient (Wildman–Crippen LogP) is 1.55. The molecule has 0 saturated carbocycles. The van der Waals surface area contributed by atoms with Crippen LogP contribution in [0.1, 0.15) is 13.8 Å². The van der Waals surface area contributed by atoms with Crippen LogP contribution in [0.25, 0.3) is 11.0 Å². The van der Waals surface area contributed by atoms with Gasteiger partial charge in [0, 0.05) is 15.7 Å². The lowest BCUT2D eigenvalue weighted by molar-refractivity contribution is 0.398. The Balaban J connectivity index is 2.41. The highest BCUT2D eigenvalue weighted by Crippen LogP contribution is 2.22. The van der Waals surface area contributed by atoms with Crippen LogP contribution < -0.4 is 10.5 Å². The van der Waals surface area contributed by atoms with Crippen molar-refractivity contribution in [3.05, 3.63) is 21.8 Å². The van der Waals surface area contributed by atoms with Gasteiger partial charge < -0.3 is 10.3 Å². The molecule has 1 aromatic carbocycles. The summed E-state index contributed by atoms with van der Waals surface area (Å²) in [4.78, 5) is 4.31. The van der Waals surface area contributed by atoms with E-state index in [9.17, 15) is 8.42 Å². The van der Waals surface area contributed by atoms with Crippen LogP contribution in [0.4, 0.5) is 5.95 Å². The number of fused-ring (bicyclic) bond motifs is 1. The Morgan fingerprint density at radius 1 is 1.45 bits per heavy atom. The number of aromatic nitrogens is 2. The molecule has 0 saturated heterocycles. The molecule has 0 radical (unpaired) electrons. The number of imidazole rings is 1. The molecule has 0 aliphatic carbocycles. The van der Waals surface area contributed by atoms with E-state index in [1.54, 1.807) is 0 Å². The van der Waals surface area contributed by atoms with Gasteiger partial charge in [-0.3, -0.25) is 0 Å². The summed E-state index contributed by atoms with van der Waals surface area (Å²) in [6.45, 7) is 4.03. The summed E-state index contributed by atoms with van der Waals surface area (Å²) in [5, 5.41) is 0. The van der Waals surface area contributed by atoms with Crippen LogP contribution in [0.15, 0.2) is 18.2 Å². The van der Waals surface area contributed by atoms with Crippen LogP contribution in [-0.2, 0) is 16.6 Å². The van der Waals surface area contributed by atoms with Crippen LogP contribution in [0, 0.1) is 3.57 Å². The van der Waals surface area contributed by atoms with Crippen molar-refractivity contribution in [3.63, 3.8) is 0 Å². The van der Waals surface area contributed by atoms with Gasteiger partial charge in [0.2, 0.25) is 16.0 Å². The molecule has 2 rings (SSSR count). The molecule has 2 aromatic rings. The number of rotatable bonds is 4. The first-order valence-corrected chi connectivity index (χ1v) is 8.95. The van der Waals surface area contributed by atoms with Gasteiger partial charge in [-0.15, -0.1) is 0 Å². The van der Waals surface area contributed by atoms with Crippen molar-refractivity contribution < 1.29 is 8.42 Å². The molecule has 0 atom stereocenters. The fourth-order valence-corrected chi connectivity index (χ4v) is 3.76. The number of nitrogens with zero attached hydrogens (tertiary/aromatic N) is 2. The molecule has 0 fully saturated rings. The maximum atomic E-state index is 11.4. The van der Waals surface area contributed by atoms with Crippen molar-refractivity contribution in [2.75, 3.05) is 12.0 Å². The monoisotopic (exact) mass is 408 g/mol. The maximum Gasteiger partial charge on any atom is 0.209 e. The Hall–Kier alpha value is -0.870. The third kappa shape index (κ3) is 3.61. The molecular formula is C12H17IN4O2S. The van der Waals surface area contributed by atoms with E-state index in [-0.39, 0.29) is 0 Å². The van der Waals surface area contributed by atoms with Gasteiger partial charge in [0.25, 0.3) is 0 Å². The van der Waals surface area contributed by atoms with E-state index in [1.165, 1.54) is 0 Å². The minimum absolute atomic E-state index is 0.380. The van der Waals surface area contributed by atoms with Crippen LogP contribution in [-0.4, -0.2) is 29.8 Å². The van der Waals surface area contributed by atoms with E-state index >= 15 is 0 Å². The van der Waals surface area contributed by atoms with E-state index in [4.69, 9.17) is 5.73 Å².